The first-order valence-corrected chi connectivity index (χ1v) is 20.3. The predicted octanol–water partition coefficient (Wildman–Crippen LogP) is 13.8. The SMILES string of the molecule is c1ccc(-c2nc(Cc3cccc4sc5ccc(-c6cccc7c6oc6c(-n8c9ccccc9c9ccccc98)cccc67)cc5c34)nc(-c3ccccc3)n2)cc1. The number of fused-ring (bicyclic) bond motifs is 9. The Hall–Kier alpha value is -7.41. The number of furan rings is 1. The summed E-state index contributed by atoms with van der Waals surface area (Å²) in [6, 6.07) is 64.0. The largest absolute Gasteiger partial charge is 0.453 e. The van der Waals surface area contributed by atoms with E-state index in [0.29, 0.717) is 18.1 Å². The third kappa shape index (κ3) is 5.19. The third-order valence-electron chi connectivity index (χ3n) is 11.3. The van der Waals surface area contributed by atoms with Gasteiger partial charge in [0.2, 0.25) is 0 Å². The highest BCUT2D eigenvalue weighted by Gasteiger charge is 2.20. The van der Waals surface area contributed by atoms with Crippen LogP contribution < -0.4 is 0 Å². The molecule has 0 amide bonds. The Morgan fingerprint density at radius 2 is 1.05 bits per heavy atom. The zero-order chi connectivity index (χ0) is 38.2. The summed E-state index contributed by atoms with van der Waals surface area (Å²) in [7, 11) is 0. The van der Waals surface area contributed by atoms with Crippen molar-refractivity contribution in [2.75, 3.05) is 0 Å². The van der Waals surface area contributed by atoms with Crippen molar-refractivity contribution >= 4 is 75.3 Å². The van der Waals surface area contributed by atoms with Crippen LogP contribution in [0.5, 0.6) is 0 Å². The van der Waals surface area contributed by atoms with Gasteiger partial charge in [0.15, 0.2) is 17.2 Å². The van der Waals surface area contributed by atoms with Crippen LogP contribution in [-0.4, -0.2) is 19.5 Å². The van der Waals surface area contributed by atoms with Crippen molar-refractivity contribution in [3.63, 3.8) is 0 Å². The van der Waals surface area contributed by atoms with E-state index < -0.39 is 0 Å². The smallest absolute Gasteiger partial charge is 0.163 e. The first-order valence-electron chi connectivity index (χ1n) is 19.5. The molecule has 0 saturated carbocycles. The standard InChI is InChI=1S/C52H32N4OS/c1-3-14-32(15-4-1)51-53-47(54-52(55-51)33-16-5-2-6-17-33)31-35-18-11-27-46-48(35)41-30-34(28-29-45(41)58-46)36-21-12-22-39-40-23-13-26-44(50(40)57-49(36)39)56-42-24-9-7-19-37(42)38-20-8-10-25-43(38)56/h1-30H,31H2. The van der Waals surface area contributed by atoms with Gasteiger partial charge < -0.3 is 8.98 Å². The molecule has 0 aliphatic rings. The Morgan fingerprint density at radius 1 is 0.448 bits per heavy atom. The molecule has 4 aromatic heterocycles. The lowest BCUT2D eigenvalue weighted by molar-refractivity contribution is 0.667. The van der Waals surface area contributed by atoms with E-state index >= 15 is 0 Å². The second kappa shape index (κ2) is 13.1. The average molecular weight is 761 g/mol. The maximum atomic E-state index is 7.03. The molecule has 6 heteroatoms. The number of hydrogen-bond donors (Lipinski definition) is 0. The fraction of sp³-hybridized carbons (Fsp3) is 0.0192. The van der Waals surface area contributed by atoms with E-state index in [1.165, 1.54) is 36.5 Å². The Bertz CT molecular complexity index is 3440. The van der Waals surface area contributed by atoms with Crippen LogP contribution >= 0.6 is 11.3 Å². The lowest BCUT2D eigenvalue weighted by Crippen LogP contribution is -2.04. The van der Waals surface area contributed by atoms with Gasteiger partial charge in [-0.1, -0.05) is 146 Å². The average Bonchev–Trinajstić information content (AvgIpc) is 3.97. The zero-order valence-corrected chi connectivity index (χ0v) is 31.9. The van der Waals surface area contributed by atoms with Gasteiger partial charge in [0.1, 0.15) is 11.4 Å². The van der Waals surface area contributed by atoms with Gasteiger partial charge in [-0.25, -0.2) is 15.0 Å². The molecule has 58 heavy (non-hydrogen) atoms. The normalized spacial score (nSPS) is 11.9. The quantitative estimate of drug-likeness (QED) is 0.169. The lowest BCUT2D eigenvalue weighted by atomic mass is 9.98. The van der Waals surface area contributed by atoms with Crippen LogP contribution in [0, 0.1) is 0 Å². The van der Waals surface area contributed by atoms with Crippen molar-refractivity contribution in [1.29, 1.82) is 0 Å². The van der Waals surface area contributed by atoms with Gasteiger partial charge in [0, 0.05) is 64.8 Å². The molecule has 0 saturated heterocycles. The molecule has 0 aliphatic carbocycles. The molecule has 272 valence electrons. The molecule has 0 bridgehead atoms. The van der Waals surface area contributed by atoms with Crippen LogP contribution in [0.15, 0.2) is 186 Å². The maximum Gasteiger partial charge on any atom is 0.163 e. The van der Waals surface area contributed by atoms with Crippen LogP contribution in [0.1, 0.15) is 11.4 Å². The Kier molecular flexibility index (Phi) is 7.40. The highest BCUT2D eigenvalue weighted by Crippen LogP contribution is 2.43. The van der Waals surface area contributed by atoms with E-state index in [1.807, 2.05) is 47.7 Å². The highest BCUT2D eigenvalue weighted by molar-refractivity contribution is 7.25. The summed E-state index contributed by atoms with van der Waals surface area (Å²) in [5.74, 6) is 2.09. The van der Waals surface area contributed by atoms with Gasteiger partial charge in [-0.05, 0) is 47.5 Å². The Balaban J connectivity index is 1.01. The van der Waals surface area contributed by atoms with Gasteiger partial charge in [0.05, 0.1) is 16.7 Å². The molecule has 0 aliphatic heterocycles. The van der Waals surface area contributed by atoms with Gasteiger partial charge in [-0.15, -0.1) is 11.3 Å². The van der Waals surface area contributed by atoms with Gasteiger partial charge in [0.25, 0.3) is 0 Å². The van der Waals surface area contributed by atoms with Crippen molar-refractivity contribution in [3.8, 4) is 39.6 Å². The van der Waals surface area contributed by atoms with Crippen LogP contribution in [0.2, 0.25) is 0 Å². The topological polar surface area (TPSA) is 56.7 Å². The molecule has 12 rings (SSSR count). The minimum atomic E-state index is 0.570. The summed E-state index contributed by atoms with van der Waals surface area (Å²) in [6.45, 7) is 0. The van der Waals surface area contributed by atoms with E-state index in [1.54, 1.807) is 0 Å². The number of aromatic nitrogens is 4. The number of nitrogens with zero attached hydrogens (tertiary/aromatic N) is 4. The van der Waals surface area contributed by atoms with E-state index in [0.717, 1.165) is 66.7 Å². The van der Waals surface area contributed by atoms with Crippen LogP contribution in [0.25, 0.3) is 104 Å². The summed E-state index contributed by atoms with van der Waals surface area (Å²) in [4.78, 5) is 15.0. The molecule has 0 unspecified atom stereocenters. The van der Waals surface area contributed by atoms with Crippen molar-refractivity contribution in [3.05, 3.63) is 193 Å². The summed E-state index contributed by atoms with van der Waals surface area (Å²) in [5.41, 5.74) is 10.4. The van der Waals surface area contributed by atoms with Crippen LogP contribution in [0.3, 0.4) is 0 Å². The molecule has 8 aromatic carbocycles. The third-order valence-corrected chi connectivity index (χ3v) is 12.4. The highest BCUT2D eigenvalue weighted by atomic mass is 32.1. The van der Waals surface area contributed by atoms with Crippen molar-refractivity contribution < 1.29 is 4.42 Å². The molecule has 0 atom stereocenters. The molecule has 0 radical (unpaired) electrons. The van der Waals surface area contributed by atoms with Crippen LogP contribution in [-0.2, 0) is 6.42 Å². The summed E-state index contributed by atoms with van der Waals surface area (Å²) in [5, 5.41) is 7.11. The van der Waals surface area contributed by atoms with E-state index in [-0.39, 0.29) is 0 Å². The second-order valence-corrected chi connectivity index (χ2v) is 15.8. The summed E-state index contributed by atoms with van der Waals surface area (Å²) >= 11 is 1.82. The number of benzene rings is 8. The number of para-hydroxylation sites is 4. The molecule has 5 nitrogen and oxygen atoms in total. The molecular weight excluding hydrogens is 729 g/mol. The predicted molar refractivity (Wildman–Crippen MR) is 240 cm³/mol. The molecule has 0 fully saturated rings. The molecule has 0 spiro atoms. The summed E-state index contributed by atoms with van der Waals surface area (Å²) in [6.07, 6.45) is 0.570. The van der Waals surface area contributed by atoms with Crippen LogP contribution in [0.4, 0.5) is 0 Å². The van der Waals surface area contributed by atoms with E-state index in [2.05, 4.69) is 150 Å². The minimum absolute atomic E-state index is 0.570. The number of hydrogen-bond acceptors (Lipinski definition) is 5. The molecular formula is C52H32N4OS. The Labute approximate surface area is 337 Å². The molecule has 12 aromatic rings. The minimum Gasteiger partial charge on any atom is -0.453 e. The van der Waals surface area contributed by atoms with Gasteiger partial charge in [-0.2, -0.15) is 0 Å². The number of rotatable bonds is 6. The zero-order valence-electron chi connectivity index (χ0n) is 31.1. The number of thiophene rings is 1. The van der Waals surface area contributed by atoms with Crippen molar-refractivity contribution in [2.24, 2.45) is 0 Å². The van der Waals surface area contributed by atoms with Gasteiger partial charge >= 0.3 is 0 Å². The van der Waals surface area contributed by atoms with E-state index in [4.69, 9.17) is 19.4 Å². The Morgan fingerprint density at radius 3 is 1.76 bits per heavy atom. The molecule has 4 heterocycles. The second-order valence-electron chi connectivity index (χ2n) is 14.7. The first-order chi connectivity index (χ1) is 28.7. The lowest BCUT2D eigenvalue weighted by Gasteiger charge is -2.09. The molecule has 0 N–H and O–H groups in total. The fourth-order valence-electron chi connectivity index (χ4n) is 8.71. The van der Waals surface area contributed by atoms with Crippen molar-refractivity contribution in [1.82, 2.24) is 19.5 Å². The van der Waals surface area contributed by atoms with E-state index in [9.17, 15) is 0 Å². The summed E-state index contributed by atoms with van der Waals surface area (Å²) < 4.78 is 11.9. The monoisotopic (exact) mass is 760 g/mol. The fourth-order valence-corrected chi connectivity index (χ4v) is 9.84. The van der Waals surface area contributed by atoms with Crippen molar-refractivity contribution in [2.45, 2.75) is 6.42 Å². The van der Waals surface area contributed by atoms with Gasteiger partial charge in [-0.3, -0.25) is 0 Å². The first kappa shape index (κ1) is 32.8. The maximum absolute atomic E-state index is 7.03.